The second kappa shape index (κ2) is 12.4. The zero-order valence-corrected chi connectivity index (χ0v) is 22.1. The predicted molar refractivity (Wildman–Crippen MR) is 146 cm³/mol. The summed E-state index contributed by atoms with van der Waals surface area (Å²) in [7, 11) is 0. The van der Waals surface area contributed by atoms with E-state index in [1.807, 2.05) is 43.3 Å². The third-order valence-electron chi connectivity index (χ3n) is 5.68. The first-order valence-corrected chi connectivity index (χ1v) is 12.5. The quantitative estimate of drug-likeness (QED) is 0.331. The van der Waals surface area contributed by atoms with Crippen LogP contribution in [0.2, 0.25) is 0 Å². The van der Waals surface area contributed by atoms with E-state index in [0.29, 0.717) is 17.7 Å². The van der Waals surface area contributed by atoms with E-state index in [2.05, 4.69) is 10.6 Å². The molecule has 202 valence electrons. The maximum atomic E-state index is 13.7. The fraction of sp³-hybridized carbons (Fsp3) is 0.345. The van der Waals surface area contributed by atoms with Gasteiger partial charge in [0.15, 0.2) is 0 Å². The minimum Gasteiger partial charge on any atom is -0.508 e. The molecule has 0 saturated carbocycles. The molecular weight excluding hydrogens is 486 g/mol. The highest BCUT2D eigenvalue weighted by Gasteiger charge is 2.36. The van der Waals surface area contributed by atoms with Crippen molar-refractivity contribution in [2.75, 3.05) is 18.5 Å². The number of hydrogen-bond donors (Lipinski definition) is 4. The first-order valence-electron chi connectivity index (χ1n) is 12.5. The molecule has 9 nitrogen and oxygen atoms in total. The SMILES string of the molecule is CCCN(C(=O)C(CO)NC(=O)OC(C)(C)C)C(C(=O)Nc1ccc2ccccc2c1)c1cccc(O)c1. The lowest BCUT2D eigenvalue weighted by Crippen LogP contribution is -2.54. The topological polar surface area (TPSA) is 128 Å². The van der Waals surface area contributed by atoms with Crippen molar-refractivity contribution in [3.63, 3.8) is 0 Å². The number of aliphatic hydroxyl groups is 1. The zero-order chi connectivity index (χ0) is 27.9. The number of nitrogens with zero attached hydrogens (tertiary/aromatic N) is 1. The monoisotopic (exact) mass is 521 g/mol. The fourth-order valence-electron chi connectivity index (χ4n) is 4.09. The van der Waals surface area contributed by atoms with Gasteiger partial charge in [-0.15, -0.1) is 0 Å². The van der Waals surface area contributed by atoms with Crippen LogP contribution in [0.3, 0.4) is 0 Å². The molecule has 3 rings (SSSR count). The standard InChI is InChI=1S/C29H35N3O6/c1-5-15-32(27(36)24(18-33)31-28(37)38-29(2,3)4)25(21-11-8-12-23(34)17-21)26(35)30-22-14-13-19-9-6-7-10-20(19)16-22/h6-14,16-17,24-25,33-34H,5,15,18H2,1-4H3,(H,30,35)(H,31,37). The minimum absolute atomic E-state index is 0.0690. The van der Waals surface area contributed by atoms with Gasteiger partial charge in [0, 0.05) is 12.2 Å². The molecule has 3 aromatic rings. The highest BCUT2D eigenvalue weighted by atomic mass is 16.6. The first-order chi connectivity index (χ1) is 18.0. The molecule has 2 unspecified atom stereocenters. The van der Waals surface area contributed by atoms with E-state index in [1.165, 1.54) is 17.0 Å². The Morgan fingerprint density at radius 1 is 0.974 bits per heavy atom. The molecule has 0 fully saturated rings. The van der Waals surface area contributed by atoms with Gasteiger partial charge in [0.2, 0.25) is 5.91 Å². The van der Waals surface area contributed by atoms with Crippen LogP contribution in [0.5, 0.6) is 5.75 Å². The molecule has 4 N–H and O–H groups in total. The third-order valence-corrected chi connectivity index (χ3v) is 5.68. The number of benzene rings is 3. The number of carbonyl (C=O) groups excluding carboxylic acids is 3. The van der Waals surface area contributed by atoms with Gasteiger partial charge in [0.1, 0.15) is 23.4 Å². The first kappa shape index (κ1) is 28.5. The van der Waals surface area contributed by atoms with E-state index in [-0.39, 0.29) is 12.3 Å². The van der Waals surface area contributed by atoms with Crippen LogP contribution in [0.1, 0.15) is 45.7 Å². The molecule has 2 atom stereocenters. The summed E-state index contributed by atoms with van der Waals surface area (Å²) >= 11 is 0. The molecule has 0 radical (unpaired) electrons. The van der Waals surface area contributed by atoms with Gasteiger partial charge >= 0.3 is 6.09 Å². The Morgan fingerprint density at radius 2 is 1.68 bits per heavy atom. The van der Waals surface area contributed by atoms with Crippen molar-refractivity contribution in [1.29, 1.82) is 0 Å². The lowest BCUT2D eigenvalue weighted by Gasteiger charge is -2.34. The van der Waals surface area contributed by atoms with Gasteiger partial charge in [-0.3, -0.25) is 9.59 Å². The van der Waals surface area contributed by atoms with Gasteiger partial charge in [0.25, 0.3) is 5.91 Å². The van der Waals surface area contributed by atoms with Gasteiger partial charge in [-0.05, 0) is 67.8 Å². The second-order valence-corrected chi connectivity index (χ2v) is 9.96. The molecule has 9 heteroatoms. The number of phenolic OH excluding ortho intramolecular Hbond substituents is 1. The van der Waals surface area contributed by atoms with Gasteiger partial charge in [-0.2, -0.15) is 0 Å². The van der Waals surface area contributed by atoms with Crippen LogP contribution in [-0.4, -0.2) is 57.8 Å². The van der Waals surface area contributed by atoms with Gasteiger partial charge in [0.05, 0.1) is 6.61 Å². The van der Waals surface area contributed by atoms with Crippen molar-refractivity contribution in [1.82, 2.24) is 10.2 Å². The molecule has 3 aromatic carbocycles. The van der Waals surface area contributed by atoms with Crippen LogP contribution in [0.15, 0.2) is 66.7 Å². The Kier molecular flexibility index (Phi) is 9.30. The average Bonchev–Trinajstić information content (AvgIpc) is 2.85. The summed E-state index contributed by atoms with van der Waals surface area (Å²) in [6.45, 7) is 6.34. The number of nitrogens with one attached hydrogen (secondary N) is 2. The number of aliphatic hydroxyl groups excluding tert-OH is 1. The molecular formula is C29H35N3O6. The van der Waals surface area contributed by atoms with Crippen molar-refractivity contribution < 1.29 is 29.3 Å². The van der Waals surface area contributed by atoms with Crippen LogP contribution in [-0.2, 0) is 14.3 Å². The van der Waals surface area contributed by atoms with Gasteiger partial charge < -0.3 is 30.5 Å². The molecule has 0 saturated heterocycles. The third kappa shape index (κ3) is 7.45. The molecule has 0 bridgehead atoms. The van der Waals surface area contributed by atoms with E-state index in [4.69, 9.17) is 4.74 Å². The smallest absolute Gasteiger partial charge is 0.408 e. The van der Waals surface area contributed by atoms with Gasteiger partial charge in [-0.25, -0.2) is 4.79 Å². The number of hydrogen-bond acceptors (Lipinski definition) is 6. The molecule has 0 heterocycles. The van der Waals surface area contributed by atoms with E-state index in [1.54, 1.807) is 39.0 Å². The van der Waals surface area contributed by atoms with E-state index < -0.39 is 42.2 Å². The predicted octanol–water partition coefficient (Wildman–Crippen LogP) is 4.35. The zero-order valence-electron chi connectivity index (χ0n) is 22.1. The van der Waals surface area contributed by atoms with Crippen molar-refractivity contribution in [2.45, 2.75) is 51.8 Å². The second-order valence-electron chi connectivity index (χ2n) is 9.96. The van der Waals surface area contributed by atoms with Crippen molar-refractivity contribution in [3.05, 3.63) is 72.3 Å². The lowest BCUT2D eigenvalue weighted by atomic mass is 10.0. The molecule has 0 aliphatic heterocycles. The maximum absolute atomic E-state index is 13.7. The molecule has 0 aromatic heterocycles. The number of fused-ring (bicyclic) bond motifs is 1. The van der Waals surface area contributed by atoms with E-state index in [0.717, 1.165) is 10.8 Å². The summed E-state index contributed by atoms with van der Waals surface area (Å²) in [5.41, 5.74) is 0.104. The number of amides is 3. The highest BCUT2D eigenvalue weighted by molar-refractivity contribution is 6.00. The summed E-state index contributed by atoms with van der Waals surface area (Å²) in [5.74, 6) is -1.25. The normalized spacial score (nSPS) is 12.9. The number of aromatic hydroxyl groups is 1. The minimum atomic E-state index is -1.34. The highest BCUT2D eigenvalue weighted by Crippen LogP contribution is 2.28. The molecule has 38 heavy (non-hydrogen) atoms. The largest absolute Gasteiger partial charge is 0.508 e. The molecule has 0 aliphatic carbocycles. The Hall–Kier alpha value is -4.11. The Balaban J connectivity index is 1.96. The van der Waals surface area contributed by atoms with Gasteiger partial charge in [-0.1, -0.05) is 49.4 Å². The Labute approximate surface area is 222 Å². The van der Waals surface area contributed by atoms with Crippen molar-refractivity contribution in [3.8, 4) is 5.75 Å². The van der Waals surface area contributed by atoms with Crippen LogP contribution in [0.4, 0.5) is 10.5 Å². The summed E-state index contributed by atoms with van der Waals surface area (Å²) in [6, 6.07) is 16.8. The number of carbonyl (C=O) groups is 3. The number of alkyl carbamates (subject to hydrolysis) is 1. The summed E-state index contributed by atoms with van der Waals surface area (Å²) in [6.07, 6.45) is -0.370. The van der Waals surface area contributed by atoms with Crippen molar-refractivity contribution >= 4 is 34.4 Å². The Bertz CT molecular complexity index is 1290. The fourth-order valence-corrected chi connectivity index (χ4v) is 4.09. The number of ether oxygens (including phenoxy) is 1. The van der Waals surface area contributed by atoms with Crippen LogP contribution >= 0.6 is 0 Å². The van der Waals surface area contributed by atoms with E-state index >= 15 is 0 Å². The molecule has 0 spiro atoms. The lowest BCUT2D eigenvalue weighted by molar-refractivity contribution is -0.141. The number of anilines is 1. The summed E-state index contributed by atoms with van der Waals surface area (Å²) < 4.78 is 5.24. The molecule has 3 amide bonds. The summed E-state index contributed by atoms with van der Waals surface area (Å²) in [4.78, 5) is 41.0. The van der Waals surface area contributed by atoms with Crippen molar-refractivity contribution in [2.24, 2.45) is 0 Å². The Morgan fingerprint density at radius 3 is 2.32 bits per heavy atom. The number of phenols is 1. The van der Waals surface area contributed by atoms with Crippen LogP contribution < -0.4 is 10.6 Å². The molecule has 0 aliphatic rings. The van der Waals surface area contributed by atoms with E-state index in [9.17, 15) is 24.6 Å². The average molecular weight is 522 g/mol. The van der Waals surface area contributed by atoms with Crippen LogP contribution in [0.25, 0.3) is 10.8 Å². The maximum Gasteiger partial charge on any atom is 0.408 e. The van der Waals surface area contributed by atoms with Crippen LogP contribution in [0, 0.1) is 0 Å². The number of rotatable bonds is 9. The summed E-state index contributed by atoms with van der Waals surface area (Å²) in [5, 5.41) is 27.3.